The van der Waals surface area contributed by atoms with Gasteiger partial charge in [-0.2, -0.15) is 0 Å². The Hall–Kier alpha value is -0.215. The molecule has 7 nitrogen and oxygen atoms in total. The van der Waals surface area contributed by atoms with Crippen LogP contribution in [0, 0.1) is 5.41 Å². The Kier molecular flexibility index (Phi) is 9.85. The molecule has 0 bridgehead atoms. The van der Waals surface area contributed by atoms with Crippen LogP contribution in [0.25, 0.3) is 0 Å². The first-order chi connectivity index (χ1) is 5.97. The van der Waals surface area contributed by atoms with Crippen LogP contribution in [-0.2, 0) is 0 Å². The lowest BCUT2D eigenvalue weighted by atomic mass is 9.93. The van der Waals surface area contributed by atoms with Gasteiger partial charge in [0.2, 0.25) is 0 Å². The van der Waals surface area contributed by atoms with Crippen molar-refractivity contribution in [1.29, 1.82) is 0 Å². The van der Waals surface area contributed by atoms with E-state index in [1.54, 1.807) is 0 Å². The maximum atomic E-state index is 8.50. The van der Waals surface area contributed by atoms with Crippen molar-refractivity contribution < 1.29 is 35.5 Å². The van der Waals surface area contributed by atoms with Gasteiger partial charge in [-0.3, -0.25) is 0 Å². The molecule has 0 aliphatic carbocycles. The van der Waals surface area contributed by atoms with Crippen molar-refractivity contribution in [2.75, 3.05) is 26.4 Å². The molecule has 8 heteroatoms. The molecule has 0 saturated heterocycles. The van der Waals surface area contributed by atoms with Gasteiger partial charge in [0.15, 0.2) is 0 Å². The zero-order valence-electron chi connectivity index (χ0n) is 7.04. The Morgan fingerprint density at radius 2 is 0.846 bits per heavy atom. The van der Waals surface area contributed by atoms with Gasteiger partial charge in [-0.25, -0.2) is 0 Å². The number of aliphatic hydroxyl groups excluding tert-OH is 4. The lowest BCUT2D eigenvalue weighted by molar-refractivity contribution is -0.0328. The SMILES string of the molecule is OB(O)O.OCC(CO)(CO)CO. The lowest BCUT2D eigenvalue weighted by Gasteiger charge is -2.23. The van der Waals surface area contributed by atoms with Crippen LogP contribution in [0.1, 0.15) is 0 Å². The van der Waals surface area contributed by atoms with Gasteiger partial charge in [0.05, 0.1) is 31.8 Å². The van der Waals surface area contributed by atoms with Crippen LogP contribution < -0.4 is 0 Å². The van der Waals surface area contributed by atoms with Crippen LogP contribution in [0.2, 0.25) is 0 Å². The summed E-state index contributed by atoms with van der Waals surface area (Å²) in [6.07, 6.45) is 0. The normalized spacial score (nSPS) is 10.4. The van der Waals surface area contributed by atoms with Crippen LogP contribution >= 0.6 is 0 Å². The first kappa shape index (κ1) is 15.3. The molecule has 0 amide bonds. The van der Waals surface area contributed by atoms with Gasteiger partial charge in [0, 0.05) is 0 Å². The maximum Gasteiger partial charge on any atom is 0.631 e. The Bertz CT molecular complexity index is 84.8. The molecule has 0 aliphatic heterocycles. The van der Waals surface area contributed by atoms with E-state index in [4.69, 9.17) is 35.5 Å². The number of rotatable bonds is 4. The van der Waals surface area contributed by atoms with Crippen molar-refractivity contribution in [3.05, 3.63) is 0 Å². The molecule has 0 fully saturated rings. The average molecular weight is 198 g/mol. The molecule has 7 N–H and O–H groups in total. The first-order valence-electron chi connectivity index (χ1n) is 3.45. The van der Waals surface area contributed by atoms with E-state index in [2.05, 4.69) is 0 Å². The summed E-state index contributed by atoms with van der Waals surface area (Å²) in [6.45, 7) is -1.62. The van der Waals surface area contributed by atoms with Crippen LogP contribution in [0.4, 0.5) is 0 Å². The average Bonchev–Trinajstić information content (AvgIpc) is 2.09. The van der Waals surface area contributed by atoms with Crippen molar-refractivity contribution in [2.45, 2.75) is 0 Å². The standard InChI is InChI=1S/C5H12O4.BH3O3/c6-1-5(2-7,3-8)4-9;2-1(3)4/h6-9H,1-4H2;2-4H. The van der Waals surface area contributed by atoms with Crippen LogP contribution in [0.5, 0.6) is 0 Å². The Balaban J connectivity index is 0. The summed E-state index contributed by atoms with van der Waals surface area (Å²) in [5, 5.41) is 55.5. The van der Waals surface area contributed by atoms with Gasteiger partial charge in [-0.1, -0.05) is 0 Å². The van der Waals surface area contributed by atoms with E-state index in [-0.39, 0.29) is 0 Å². The first-order valence-corrected chi connectivity index (χ1v) is 3.45. The van der Waals surface area contributed by atoms with Gasteiger partial charge >= 0.3 is 7.32 Å². The maximum absolute atomic E-state index is 8.50. The minimum atomic E-state index is -2.17. The molecule has 0 aliphatic rings. The molecular weight excluding hydrogens is 183 g/mol. The van der Waals surface area contributed by atoms with E-state index in [1.165, 1.54) is 0 Å². The monoisotopic (exact) mass is 198 g/mol. The van der Waals surface area contributed by atoms with E-state index in [0.29, 0.717) is 0 Å². The van der Waals surface area contributed by atoms with Crippen molar-refractivity contribution in [3.8, 4) is 0 Å². The van der Waals surface area contributed by atoms with Crippen LogP contribution in [-0.4, -0.2) is 69.2 Å². The molecule has 0 aromatic carbocycles. The minimum Gasteiger partial charge on any atom is -0.402 e. The summed E-state index contributed by atoms with van der Waals surface area (Å²) < 4.78 is 0. The topological polar surface area (TPSA) is 142 Å². The number of aliphatic hydroxyl groups is 4. The molecule has 0 radical (unpaired) electrons. The molecule has 0 aromatic rings. The fourth-order valence-corrected chi connectivity index (χ4v) is 0.300. The molecule has 0 saturated carbocycles. The van der Waals surface area contributed by atoms with Gasteiger partial charge in [-0.15, -0.1) is 0 Å². The lowest BCUT2D eigenvalue weighted by Crippen LogP contribution is -2.37. The van der Waals surface area contributed by atoms with Crippen molar-refractivity contribution >= 4 is 7.32 Å². The molecule has 0 aromatic heterocycles. The highest BCUT2D eigenvalue weighted by molar-refractivity contribution is 6.30. The van der Waals surface area contributed by atoms with Crippen molar-refractivity contribution in [1.82, 2.24) is 0 Å². The Morgan fingerprint density at radius 1 is 0.692 bits per heavy atom. The third-order valence-electron chi connectivity index (χ3n) is 1.34. The molecule has 0 atom stereocenters. The fourth-order valence-electron chi connectivity index (χ4n) is 0.300. The van der Waals surface area contributed by atoms with E-state index in [0.717, 1.165) is 0 Å². The largest absolute Gasteiger partial charge is 0.631 e. The molecule has 0 spiro atoms. The summed E-state index contributed by atoms with van der Waals surface area (Å²) in [7, 11) is -2.17. The Morgan fingerprint density at radius 3 is 0.846 bits per heavy atom. The van der Waals surface area contributed by atoms with Gasteiger partial charge in [0.1, 0.15) is 0 Å². The quantitative estimate of drug-likeness (QED) is 0.227. The van der Waals surface area contributed by atoms with Crippen LogP contribution in [0.3, 0.4) is 0 Å². The van der Waals surface area contributed by atoms with Crippen molar-refractivity contribution in [3.63, 3.8) is 0 Å². The molecular formula is C5H15BO7. The summed E-state index contributed by atoms with van der Waals surface area (Å²) >= 11 is 0. The third kappa shape index (κ3) is 8.12. The summed E-state index contributed by atoms with van der Waals surface area (Å²) in [5.41, 5.74) is -1.11. The smallest absolute Gasteiger partial charge is 0.402 e. The molecule has 80 valence electrons. The van der Waals surface area contributed by atoms with E-state index in [1.807, 2.05) is 0 Å². The highest BCUT2D eigenvalue weighted by Gasteiger charge is 2.26. The van der Waals surface area contributed by atoms with E-state index >= 15 is 0 Å². The summed E-state index contributed by atoms with van der Waals surface area (Å²) in [5.74, 6) is 0. The number of hydrogen-bond donors (Lipinski definition) is 7. The second kappa shape index (κ2) is 8.39. The summed E-state index contributed by atoms with van der Waals surface area (Å²) in [6, 6.07) is 0. The summed E-state index contributed by atoms with van der Waals surface area (Å²) in [4.78, 5) is 0. The van der Waals surface area contributed by atoms with Crippen LogP contribution in [0.15, 0.2) is 0 Å². The third-order valence-corrected chi connectivity index (χ3v) is 1.34. The molecule has 0 heterocycles. The Labute approximate surface area is 75.7 Å². The van der Waals surface area contributed by atoms with E-state index in [9.17, 15) is 0 Å². The minimum absolute atomic E-state index is 0.406. The van der Waals surface area contributed by atoms with Gasteiger partial charge in [0.25, 0.3) is 0 Å². The van der Waals surface area contributed by atoms with Gasteiger partial charge < -0.3 is 35.5 Å². The zero-order chi connectivity index (χ0) is 10.9. The second-order valence-corrected chi connectivity index (χ2v) is 2.48. The highest BCUT2D eigenvalue weighted by atomic mass is 16.5. The van der Waals surface area contributed by atoms with Gasteiger partial charge in [-0.05, 0) is 0 Å². The fraction of sp³-hybridized carbons (Fsp3) is 1.00. The predicted octanol–water partition coefficient (Wildman–Crippen LogP) is -4.11. The second-order valence-electron chi connectivity index (χ2n) is 2.48. The zero-order valence-corrected chi connectivity index (χ0v) is 7.04. The number of hydrogen-bond acceptors (Lipinski definition) is 7. The molecule has 13 heavy (non-hydrogen) atoms. The predicted molar refractivity (Wildman–Crippen MR) is 43.2 cm³/mol. The van der Waals surface area contributed by atoms with Crippen molar-refractivity contribution in [2.24, 2.45) is 5.41 Å². The highest BCUT2D eigenvalue weighted by Crippen LogP contribution is 2.11. The molecule has 0 unspecified atom stereocenters. The molecule has 0 rings (SSSR count). The van der Waals surface area contributed by atoms with E-state index < -0.39 is 39.2 Å².